The van der Waals surface area contributed by atoms with Gasteiger partial charge in [0.15, 0.2) is 0 Å². The Hall–Kier alpha value is 0.870. The third-order valence-corrected chi connectivity index (χ3v) is 1.88. The minimum atomic E-state index is -3.44. The zero-order chi connectivity index (χ0) is 8.04. The van der Waals surface area contributed by atoms with Gasteiger partial charge >= 0.3 is 39.9 Å². The summed E-state index contributed by atoms with van der Waals surface area (Å²) in [4.78, 5) is 0. The van der Waals surface area contributed by atoms with E-state index in [1.807, 2.05) is 6.92 Å². The molecule has 0 aromatic carbocycles. The van der Waals surface area contributed by atoms with Crippen LogP contribution in [0, 0.1) is 0 Å². The van der Waals surface area contributed by atoms with Crippen molar-refractivity contribution >= 4 is 10.3 Å². The summed E-state index contributed by atoms with van der Waals surface area (Å²) in [6.45, 7) is 4.16. The van der Waals surface area contributed by atoms with Crippen LogP contribution in [0.25, 0.3) is 0 Å². The third-order valence-electron chi connectivity index (χ3n) is 0.764. The van der Waals surface area contributed by atoms with Crippen molar-refractivity contribution in [1.82, 2.24) is 4.72 Å². The van der Waals surface area contributed by atoms with Crippen LogP contribution < -0.4 is 34.3 Å². The van der Waals surface area contributed by atoms with Gasteiger partial charge in [0.1, 0.15) is 0 Å². The van der Waals surface area contributed by atoms with Crippen LogP contribution in [0.1, 0.15) is 21.7 Å². The molecule has 0 bridgehead atoms. The molecule has 0 aliphatic rings. The van der Waals surface area contributed by atoms with Gasteiger partial charge in [0.05, 0.1) is 6.61 Å². The van der Waals surface area contributed by atoms with E-state index < -0.39 is 10.3 Å². The Kier molecular flexibility index (Phi) is 9.84. The largest absolute Gasteiger partial charge is 1.00 e. The van der Waals surface area contributed by atoms with Crippen molar-refractivity contribution in [3.05, 3.63) is 0 Å². The van der Waals surface area contributed by atoms with Gasteiger partial charge in [0.2, 0.25) is 0 Å². The molecule has 0 radical (unpaired) electrons. The molecule has 1 N–H and O–H groups in total. The topological polar surface area (TPSA) is 55.4 Å². The zero-order valence-corrected chi connectivity index (χ0v) is 10.1. The maximum Gasteiger partial charge on any atom is 1.00 e. The summed E-state index contributed by atoms with van der Waals surface area (Å²) in [5.74, 6) is 0. The second kappa shape index (κ2) is 7.52. The molecule has 0 atom stereocenters. The second-order valence-corrected chi connectivity index (χ2v) is 3.21. The van der Waals surface area contributed by atoms with Crippen LogP contribution >= 0.6 is 0 Å². The summed E-state index contributed by atoms with van der Waals surface area (Å²) in [6.07, 6.45) is 0.699. The van der Waals surface area contributed by atoms with Gasteiger partial charge in [0, 0.05) is 6.54 Å². The van der Waals surface area contributed by atoms with E-state index in [0.717, 1.165) is 0 Å². The molecule has 0 unspecified atom stereocenters. The van der Waals surface area contributed by atoms with Crippen LogP contribution in [0.2, 0.25) is 0 Å². The molecule has 0 aliphatic carbocycles. The molecular formula is C5H14NNaO3S. The van der Waals surface area contributed by atoms with Gasteiger partial charge < -0.3 is 1.43 Å². The standard InChI is InChI=1S/C5H13NO3S.Na.H/c1-3-5-9-10(7,8)6-4-2;;/h6H,3-5H2,1-2H3;;/q;+1;-1. The molecule has 4 nitrogen and oxygen atoms in total. The summed E-state index contributed by atoms with van der Waals surface area (Å²) < 4.78 is 28.0. The predicted octanol–water partition coefficient (Wildman–Crippen LogP) is -2.62. The fourth-order valence-electron chi connectivity index (χ4n) is 0.411. The summed E-state index contributed by atoms with van der Waals surface area (Å²) in [6, 6.07) is 0. The van der Waals surface area contributed by atoms with Crippen LogP contribution in [-0.4, -0.2) is 21.6 Å². The Morgan fingerprint density at radius 2 is 2.00 bits per heavy atom. The number of hydrogen-bond donors (Lipinski definition) is 1. The number of nitrogens with one attached hydrogen (secondary N) is 1. The summed E-state index contributed by atoms with van der Waals surface area (Å²) in [5, 5.41) is 0. The first-order valence-corrected chi connectivity index (χ1v) is 4.67. The summed E-state index contributed by atoms with van der Waals surface area (Å²) in [7, 11) is -3.44. The van der Waals surface area contributed by atoms with Crippen molar-refractivity contribution in [2.75, 3.05) is 13.2 Å². The Morgan fingerprint density at radius 1 is 1.45 bits per heavy atom. The minimum Gasteiger partial charge on any atom is -1.00 e. The van der Waals surface area contributed by atoms with E-state index in [9.17, 15) is 8.42 Å². The van der Waals surface area contributed by atoms with Crippen molar-refractivity contribution in [3.63, 3.8) is 0 Å². The molecule has 0 aliphatic heterocycles. The minimum absolute atomic E-state index is 0. The maximum atomic E-state index is 10.7. The van der Waals surface area contributed by atoms with Crippen molar-refractivity contribution in [3.8, 4) is 0 Å². The van der Waals surface area contributed by atoms with Gasteiger partial charge in [-0.2, -0.15) is 13.1 Å². The van der Waals surface area contributed by atoms with E-state index >= 15 is 0 Å². The van der Waals surface area contributed by atoms with Crippen LogP contribution in [0.15, 0.2) is 0 Å². The van der Waals surface area contributed by atoms with Gasteiger partial charge in [-0.1, -0.05) is 13.8 Å². The summed E-state index contributed by atoms with van der Waals surface area (Å²) >= 11 is 0. The monoisotopic (exact) mass is 191 g/mol. The molecule has 0 amide bonds. The average molecular weight is 191 g/mol. The molecule has 0 saturated heterocycles. The van der Waals surface area contributed by atoms with Gasteiger partial charge in [-0.05, 0) is 6.42 Å². The molecule has 0 fully saturated rings. The van der Waals surface area contributed by atoms with Crippen LogP contribution in [0.3, 0.4) is 0 Å². The molecule has 11 heavy (non-hydrogen) atoms. The molecule has 0 aromatic rings. The van der Waals surface area contributed by atoms with Crippen molar-refractivity contribution in [2.24, 2.45) is 0 Å². The number of hydrogen-bond acceptors (Lipinski definition) is 3. The quantitative estimate of drug-likeness (QED) is 0.484. The Labute approximate surface area is 91.7 Å². The van der Waals surface area contributed by atoms with E-state index in [2.05, 4.69) is 8.91 Å². The first-order chi connectivity index (χ1) is 4.62. The average Bonchev–Trinajstić information content (AvgIpc) is 1.84. The van der Waals surface area contributed by atoms with Crippen LogP contribution in [-0.2, 0) is 14.5 Å². The fraction of sp³-hybridized carbons (Fsp3) is 1.00. The SMILES string of the molecule is CCCOS(=O)(=O)NCC.[H-].[Na+]. The van der Waals surface area contributed by atoms with Gasteiger partial charge in [-0.15, -0.1) is 0 Å². The van der Waals surface area contributed by atoms with Gasteiger partial charge in [-0.25, -0.2) is 0 Å². The Balaban J connectivity index is -0.000000405. The molecule has 0 saturated carbocycles. The third kappa shape index (κ3) is 8.78. The molecule has 0 rings (SSSR count). The van der Waals surface area contributed by atoms with Crippen LogP contribution in [0.5, 0.6) is 0 Å². The van der Waals surface area contributed by atoms with Crippen molar-refractivity contribution < 1.29 is 43.6 Å². The second-order valence-electron chi connectivity index (χ2n) is 1.77. The first kappa shape index (κ1) is 14.4. The Bertz CT molecular complexity index is 174. The summed E-state index contributed by atoms with van der Waals surface area (Å²) in [5.41, 5.74) is 0. The van der Waals surface area contributed by atoms with Gasteiger partial charge in [0.25, 0.3) is 0 Å². The van der Waals surface area contributed by atoms with Gasteiger partial charge in [-0.3, -0.25) is 4.18 Å². The molecule has 0 aromatic heterocycles. The van der Waals surface area contributed by atoms with Crippen LogP contribution in [0.4, 0.5) is 0 Å². The normalized spacial score (nSPS) is 10.7. The first-order valence-electron chi connectivity index (χ1n) is 3.26. The van der Waals surface area contributed by atoms with E-state index in [4.69, 9.17) is 0 Å². The number of rotatable bonds is 5. The van der Waals surface area contributed by atoms with E-state index in [-0.39, 0.29) is 37.6 Å². The molecule has 64 valence electrons. The van der Waals surface area contributed by atoms with E-state index in [1.54, 1.807) is 6.92 Å². The molecule has 0 heterocycles. The van der Waals surface area contributed by atoms with Crippen molar-refractivity contribution in [1.29, 1.82) is 0 Å². The van der Waals surface area contributed by atoms with E-state index in [1.165, 1.54) is 0 Å². The molecule has 0 spiro atoms. The zero-order valence-electron chi connectivity index (χ0n) is 8.25. The predicted molar refractivity (Wildman–Crippen MR) is 40.0 cm³/mol. The maximum absolute atomic E-state index is 10.7. The molecule has 6 heteroatoms. The smallest absolute Gasteiger partial charge is 1.00 e. The Morgan fingerprint density at radius 3 is 2.36 bits per heavy atom. The van der Waals surface area contributed by atoms with E-state index in [0.29, 0.717) is 13.0 Å². The van der Waals surface area contributed by atoms with Crippen molar-refractivity contribution in [2.45, 2.75) is 20.3 Å². The molecular weight excluding hydrogens is 177 g/mol. The fourth-order valence-corrected chi connectivity index (χ4v) is 1.23.